The summed E-state index contributed by atoms with van der Waals surface area (Å²) in [5.41, 5.74) is 4.87. The number of carbonyl (C=O) groups is 1. The summed E-state index contributed by atoms with van der Waals surface area (Å²) in [5, 5.41) is 17.2. The molecule has 0 unspecified atom stereocenters. The molecule has 3 aromatic rings. The van der Waals surface area contributed by atoms with Crippen LogP contribution in [0.2, 0.25) is 0 Å². The van der Waals surface area contributed by atoms with Crippen LogP contribution in [0.25, 0.3) is 11.3 Å². The van der Waals surface area contributed by atoms with Gasteiger partial charge in [0, 0.05) is 34.7 Å². The summed E-state index contributed by atoms with van der Waals surface area (Å²) in [6.45, 7) is 1.96. The number of amides is 1. The van der Waals surface area contributed by atoms with Gasteiger partial charge in [0.25, 0.3) is 0 Å². The minimum absolute atomic E-state index is 0.0409. The zero-order chi connectivity index (χ0) is 16.7. The van der Waals surface area contributed by atoms with Crippen molar-refractivity contribution in [2.24, 2.45) is 0 Å². The van der Waals surface area contributed by atoms with Crippen LogP contribution in [0.4, 0.5) is 5.82 Å². The van der Waals surface area contributed by atoms with Gasteiger partial charge in [-0.15, -0.1) is 0 Å². The minimum atomic E-state index is -0.0802. The summed E-state index contributed by atoms with van der Waals surface area (Å²) in [4.78, 5) is 12.1. The Labute approximate surface area is 138 Å². The molecule has 0 aliphatic carbocycles. The topological polar surface area (TPSA) is 95.7 Å². The molecule has 2 aromatic heterocycles. The first-order chi connectivity index (χ1) is 11.7. The monoisotopic (exact) mass is 323 g/mol. The van der Waals surface area contributed by atoms with Crippen LogP contribution >= 0.6 is 0 Å². The normalized spacial score (nSPS) is 16.6. The van der Waals surface area contributed by atoms with Crippen molar-refractivity contribution in [3.63, 3.8) is 0 Å². The van der Waals surface area contributed by atoms with E-state index in [0.29, 0.717) is 12.2 Å². The highest BCUT2D eigenvalue weighted by Gasteiger charge is 2.32. The van der Waals surface area contributed by atoms with Crippen molar-refractivity contribution in [2.75, 3.05) is 12.4 Å². The number of aryl methyl sites for hydroxylation is 1. The zero-order valence-corrected chi connectivity index (χ0v) is 13.4. The first-order valence-corrected chi connectivity index (χ1v) is 7.69. The van der Waals surface area contributed by atoms with Gasteiger partial charge in [-0.25, -0.2) is 0 Å². The molecule has 1 amide bonds. The maximum Gasteiger partial charge on any atom is 0.226 e. The maximum absolute atomic E-state index is 12.1. The molecule has 0 saturated carbocycles. The molecule has 1 aliphatic rings. The third-order valence-electron chi connectivity index (χ3n) is 4.41. The molecular formula is C17H17N5O2. The average Bonchev–Trinajstić information content (AvgIpc) is 3.21. The Morgan fingerprint density at radius 2 is 2.00 bits per heavy atom. The summed E-state index contributed by atoms with van der Waals surface area (Å²) in [5.74, 6) is 1.28. The summed E-state index contributed by atoms with van der Waals surface area (Å²) < 4.78 is 5.21. The van der Waals surface area contributed by atoms with E-state index in [0.717, 1.165) is 33.8 Å². The van der Waals surface area contributed by atoms with Crippen molar-refractivity contribution in [3.05, 3.63) is 47.3 Å². The molecule has 1 aromatic carbocycles. The molecule has 7 nitrogen and oxygen atoms in total. The Hall–Kier alpha value is -3.09. The summed E-state index contributed by atoms with van der Waals surface area (Å²) in [7, 11) is 1.64. The van der Waals surface area contributed by atoms with Gasteiger partial charge in [0.05, 0.1) is 19.0 Å². The Bertz CT molecular complexity index is 894. The number of ether oxygens (including phenoxy) is 1. The standard InChI is InChI=1S/C17H17N5O2/c1-9-15-12(7-14(23)19-17(15)22-20-9)13-8-18-21-16(13)10-3-5-11(24-2)6-4-10/h3-6,8,12H,7H2,1-2H3,(H,18,21)(H2,19,20,22,23)/t12-/m1/s1. The van der Waals surface area contributed by atoms with Gasteiger partial charge in [0.15, 0.2) is 5.82 Å². The van der Waals surface area contributed by atoms with Crippen LogP contribution in [0.15, 0.2) is 30.5 Å². The lowest BCUT2D eigenvalue weighted by Crippen LogP contribution is -2.23. The molecular weight excluding hydrogens is 306 g/mol. The number of methoxy groups -OCH3 is 1. The van der Waals surface area contributed by atoms with E-state index in [9.17, 15) is 4.79 Å². The van der Waals surface area contributed by atoms with Gasteiger partial charge in [-0.3, -0.25) is 15.0 Å². The summed E-state index contributed by atoms with van der Waals surface area (Å²) in [6, 6.07) is 7.76. The van der Waals surface area contributed by atoms with Crippen molar-refractivity contribution >= 4 is 11.7 Å². The van der Waals surface area contributed by atoms with Crippen molar-refractivity contribution in [1.29, 1.82) is 0 Å². The Kier molecular flexibility index (Phi) is 3.34. The summed E-state index contributed by atoms with van der Waals surface area (Å²) in [6.07, 6.45) is 2.16. The predicted octanol–water partition coefficient (Wildman–Crippen LogP) is 2.59. The Balaban J connectivity index is 1.80. The smallest absolute Gasteiger partial charge is 0.226 e. The van der Waals surface area contributed by atoms with E-state index in [-0.39, 0.29) is 11.8 Å². The van der Waals surface area contributed by atoms with Crippen LogP contribution in [-0.2, 0) is 4.79 Å². The third kappa shape index (κ3) is 2.25. The summed E-state index contributed by atoms with van der Waals surface area (Å²) >= 11 is 0. The largest absolute Gasteiger partial charge is 0.497 e. The number of rotatable bonds is 3. The second-order valence-corrected chi connectivity index (χ2v) is 5.84. The first kappa shape index (κ1) is 14.5. The number of hydrogen-bond acceptors (Lipinski definition) is 4. The molecule has 3 N–H and O–H groups in total. The van der Waals surface area contributed by atoms with Gasteiger partial charge in [-0.05, 0) is 31.2 Å². The van der Waals surface area contributed by atoms with Gasteiger partial charge >= 0.3 is 0 Å². The molecule has 0 saturated heterocycles. The van der Waals surface area contributed by atoms with E-state index in [1.807, 2.05) is 31.2 Å². The molecule has 7 heteroatoms. The first-order valence-electron chi connectivity index (χ1n) is 7.69. The lowest BCUT2D eigenvalue weighted by Gasteiger charge is -2.22. The van der Waals surface area contributed by atoms with Crippen LogP contribution in [0.1, 0.15) is 29.2 Å². The lowest BCUT2D eigenvalue weighted by atomic mass is 9.85. The molecule has 0 bridgehead atoms. The van der Waals surface area contributed by atoms with E-state index < -0.39 is 0 Å². The predicted molar refractivity (Wildman–Crippen MR) is 89.0 cm³/mol. The highest BCUT2D eigenvalue weighted by Crippen LogP contribution is 2.41. The fourth-order valence-corrected chi connectivity index (χ4v) is 3.24. The molecule has 1 aliphatic heterocycles. The van der Waals surface area contributed by atoms with Crippen molar-refractivity contribution in [2.45, 2.75) is 19.3 Å². The highest BCUT2D eigenvalue weighted by atomic mass is 16.5. The van der Waals surface area contributed by atoms with Crippen molar-refractivity contribution in [3.8, 4) is 17.0 Å². The zero-order valence-electron chi connectivity index (χ0n) is 13.4. The number of nitrogens with zero attached hydrogens (tertiary/aromatic N) is 2. The Morgan fingerprint density at radius 1 is 1.21 bits per heavy atom. The number of anilines is 1. The van der Waals surface area contributed by atoms with Gasteiger partial charge in [0.1, 0.15) is 5.75 Å². The number of benzene rings is 1. The SMILES string of the molecule is COc1ccc(-c2[nH]ncc2[C@H]2CC(=O)Nc3n[nH]c(C)c32)cc1. The van der Waals surface area contributed by atoms with E-state index in [1.165, 1.54) is 0 Å². The number of carbonyl (C=O) groups excluding carboxylic acids is 1. The molecule has 1 atom stereocenters. The van der Waals surface area contributed by atoms with Crippen LogP contribution in [0, 0.1) is 6.92 Å². The number of nitrogens with one attached hydrogen (secondary N) is 3. The number of fused-ring (bicyclic) bond motifs is 1. The Morgan fingerprint density at radius 3 is 2.75 bits per heavy atom. The average molecular weight is 323 g/mol. The van der Waals surface area contributed by atoms with Gasteiger partial charge in [-0.1, -0.05) is 0 Å². The molecule has 0 fully saturated rings. The quantitative estimate of drug-likeness (QED) is 0.690. The van der Waals surface area contributed by atoms with E-state index in [2.05, 4.69) is 25.7 Å². The molecule has 0 spiro atoms. The third-order valence-corrected chi connectivity index (χ3v) is 4.41. The number of H-pyrrole nitrogens is 2. The maximum atomic E-state index is 12.1. The molecule has 122 valence electrons. The number of aromatic amines is 2. The van der Waals surface area contributed by atoms with Crippen molar-refractivity contribution < 1.29 is 9.53 Å². The lowest BCUT2D eigenvalue weighted by molar-refractivity contribution is -0.116. The molecule has 4 rings (SSSR count). The molecule has 3 heterocycles. The fourth-order valence-electron chi connectivity index (χ4n) is 3.24. The second kappa shape index (κ2) is 5.52. The fraction of sp³-hybridized carbons (Fsp3) is 0.235. The van der Waals surface area contributed by atoms with Gasteiger partial charge in [-0.2, -0.15) is 10.2 Å². The van der Waals surface area contributed by atoms with Gasteiger partial charge in [0.2, 0.25) is 5.91 Å². The van der Waals surface area contributed by atoms with Crippen LogP contribution in [0.5, 0.6) is 5.75 Å². The number of aromatic nitrogens is 4. The van der Waals surface area contributed by atoms with Crippen molar-refractivity contribution in [1.82, 2.24) is 20.4 Å². The van der Waals surface area contributed by atoms with Crippen LogP contribution < -0.4 is 10.1 Å². The molecule has 24 heavy (non-hydrogen) atoms. The van der Waals surface area contributed by atoms with E-state index >= 15 is 0 Å². The number of hydrogen-bond donors (Lipinski definition) is 3. The highest BCUT2D eigenvalue weighted by molar-refractivity contribution is 5.94. The van der Waals surface area contributed by atoms with E-state index in [4.69, 9.17) is 4.74 Å². The van der Waals surface area contributed by atoms with E-state index in [1.54, 1.807) is 13.3 Å². The minimum Gasteiger partial charge on any atom is -0.497 e. The van der Waals surface area contributed by atoms with Gasteiger partial charge < -0.3 is 10.1 Å². The molecule has 0 radical (unpaired) electrons. The van der Waals surface area contributed by atoms with Crippen LogP contribution in [0.3, 0.4) is 0 Å². The second-order valence-electron chi connectivity index (χ2n) is 5.84. The van der Waals surface area contributed by atoms with Crippen LogP contribution in [-0.4, -0.2) is 33.4 Å².